The van der Waals surface area contributed by atoms with Crippen LogP contribution in [0, 0.1) is 18.6 Å². The molecule has 3 aromatic rings. The Morgan fingerprint density at radius 3 is 2.59 bits per heavy atom. The number of halogens is 2. The van der Waals surface area contributed by atoms with E-state index in [2.05, 4.69) is 25.5 Å². The van der Waals surface area contributed by atoms with Crippen molar-refractivity contribution >= 4 is 23.4 Å². The second kappa shape index (κ2) is 10.4. The van der Waals surface area contributed by atoms with Gasteiger partial charge in [0, 0.05) is 36.6 Å². The van der Waals surface area contributed by atoms with Gasteiger partial charge in [0.1, 0.15) is 5.82 Å². The van der Waals surface area contributed by atoms with Gasteiger partial charge >= 0.3 is 6.03 Å². The molecule has 34 heavy (non-hydrogen) atoms. The van der Waals surface area contributed by atoms with Crippen LogP contribution in [0.5, 0.6) is 5.75 Å². The van der Waals surface area contributed by atoms with E-state index in [0.717, 1.165) is 12.1 Å². The van der Waals surface area contributed by atoms with Crippen LogP contribution in [0.15, 0.2) is 36.5 Å². The van der Waals surface area contributed by atoms with E-state index in [4.69, 9.17) is 14.5 Å². The largest absolute Gasteiger partial charge is 0.488 e. The molecule has 0 radical (unpaired) electrons. The highest BCUT2D eigenvalue weighted by molar-refractivity contribution is 5.99. The van der Waals surface area contributed by atoms with Crippen LogP contribution in [0.2, 0.25) is 0 Å². The first-order chi connectivity index (χ1) is 16.4. The summed E-state index contributed by atoms with van der Waals surface area (Å²) in [5.74, 6) is 0.0517. The number of rotatable bonds is 6. The maximum absolute atomic E-state index is 13.3. The standard InChI is InChI=1S/C23H24F2N6O3/c1-3-34-20-14(2)27-21(30-22(20)31-8-10-33-11-9-31)15-4-7-19(26-13-15)29-23(32)28-16-5-6-17(24)18(25)12-16/h4-7,12-13H,3,8-11H2,1-2H3,(H2,26,28,29,32). The molecule has 1 aromatic carbocycles. The Morgan fingerprint density at radius 1 is 1.12 bits per heavy atom. The third kappa shape index (κ3) is 5.37. The summed E-state index contributed by atoms with van der Waals surface area (Å²) in [6.45, 7) is 6.89. The molecule has 0 spiro atoms. The van der Waals surface area contributed by atoms with Crippen LogP contribution in [-0.4, -0.2) is 53.9 Å². The summed E-state index contributed by atoms with van der Waals surface area (Å²) >= 11 is 0. The zero-order chi connectivity index (χ0) is 24.1. The summed E-state index contributed by atoms with van der Waals surface area (Å²) in [6, 6.07) is 5.77. The highest BCUT2D eigenvalue weighted by Crippen LogP contribution is 2.32. The number of aryl methyl sites for hydroxylation is 1. The number of hydrogen-bond acceptors (Lipinski definition) is 7. The molecule has 0 bridgehead atoms. The zero-order valence-corrected chi connectivity index (χ0v) is 18.8. The Labute approximate surface area is 195 Å². The number of ether oxygens (including phenoxy) is 2. The zero-order valence-electron chi connectivity index (χ0n) is 18.8. The van der Waals surface area contributed by atoms with Crippen LogP contribution in [0.25, 0.3) is 11.4 Å². The van der Waals surface area contributed by atoms with E-state index < -0.39 is 17.7 Å². The Morgan fingerprint density at radius 2 is 1.91 bits per heavy atom. The Hall–Kier alpha value is -3.86. The van der Waals surface area contributed by atoms with Gasteiger partial charge in [-0.05, 0) is 38.1 Å². The number of nitrogens with one attached hydrogen (secondary N) is 2. The third-order valence-electron chi connectivity index (χ3n) is 5.06. The third-order valence-corrected chi connectivity index (χ3v) is 5.06. The van der Waals surface area contributed by atoms with Crippen LogP contribution in [0.3, 0.4) is 0 Å². The van der Waals surface area contributed by atoms with Gasteiger partial charge in [-0.3, -0.25) is 5.32 Å². The number of aromatic nitrogens is 3. The van der Waals surface area contributed by atoms with Crippen molar-refractivity contribution in [3.8, 4) is 17.1 Å². The first-order valence-corrected chi connectivity index (χ1v) is 10.8. The minimum absolute atomic E-state index is 0.113. The molecule has 3 heterocycles. The van der Waals surface area contributed by atoms with Crippen LogP contribution >= 0.6 is 0 Å². The number of carbonyl (C=O) groups excluding carboxylic acids is 1. The number of urea groups is 1. The topological polar surface area (TPSA) is 102 Å². The molecule has 9 nitrogen and oxygen atoms in total. The van der Waals surface area contributed by atoms with Crippen molar-refractivity contribution in [2.75, 3.05) is 48.4 Å². The van der Waals surface area contributed by atoms with Gasteiger partial charge in [0.15, 0.2) is 29.0 Å². The summed E-state index contributed by atoms with van der Waals surface area (Å²) in [6.07, 6.45) is 1.55. The SMILES string of the molecule is CCOc1c(C)nc(-c2ccc(NC(=O)Nc3ccc(F)c(F)c3)nc2)nc1N1CCOCC1. The monoisotopic (exact) mass is 470 g/mol. The molecule has 2 aromatic heterocycles. The van der Waals surface area contributed by atoms with Gasteiger partial charge < -0.3 is 19.7 Å². The van der Waals surface area contributed by atoms with Gasteiger partial charge in [0.05, 0.1) is 25.5 Å². The maximum atomic E-state index is 13.3. The average molecular weight is 470 g/mol. The Balaban J connectivity index is 1.51. The van der Waals surface area contributed by atoms with Crippen LogP contribution in [-0.2, 0) is 4.74 Å². The second-order valence-electron chi connectivity index (χ2n) is 7.46. The van der Waals surface area contributed by atoms with Gasteiger partial charge in [-0.2, -0.15) is 0 Å². The minimum Gasteiger partial charge on any atom is -0.488 e. The summed E-state index contributed by atoms with van der Waals surface area (Å²) in [5, 5.41) is 4.97. The van der Waals surface area contributed by atoms with E-state index in [9.17, 15) is 13.6 Å². The number of carbonyl (C=O) groups is 1. The molecule has 2 amide bonds. The lowest BCUT2D eigenvalue weighted by atomic mass is 10.2. The molecule has 11 heteroatoms. The fourth-order valence-corrected chi connectivity index (χ4v) is 3.43. The fraction of sp³-hybridized carbons (Fsp3) is 0.304. The minimum atomic E-state index is -1.05. The lowest BCUT2D eigenvalue weighted by molar-refractivity contribution is 0.122. The normalized spacial score (nSPS) is 13.5. The first-order valence-electron chi connectivity index (χ1n) is 10.8. The number of morpholine rings is 1. The second-order valence-corrected chi connectivity index (χ2v) is 7.46. The van der Waals surface area contributed by atoms with Crippen molar-refractivity contribution in [3.63, 3.8) is 0 Å². The molecule has 0 aliphatic carbocycles. The molecule has 0 saturated carbocycles. The quantitative estimate of drug-likeness (QED) is 0.561. The molecule has 0 unspecified atom stereocenters. The van der Waals surface area contributed by atoms with Gasteiger partial charge in [-0.15, -0.1) is 0 Å². The molecule has 1 fully saturated rings. The van der Waals surface area contributed by atoms with E-state index in [0.29, 0.717) is 61.6 Å². The predicted octanol–water partition coefficient (Wildman–Crippen LogP) is 4.00. The summed E-state index contributed by atoms with van der Waals surface area (Å²) in [4.78, 5) is 27.8. The van der Waals surface area contributed by atoms with Gasteiger partial charge in [-0.1, -0.05) is 0 Å². The molecule has 178 valence electrons. The van der Waals surface area contributed by atoms with Gasteiger partial charge in [0.2, 0.25) is 0 Å². The number of pyridine rings is 1. The molecular weight excluding hydrogens is 446 g/mol. The Bertz CT molecular complexity index is 1170. The number of hydrogen-bond donors (Lipinski definition) is 2. The molecule has 1 aliphatic rings. The highest BCUT2D eigenvalue weighted by Gasteiger charge is 2.21. The van der Waals surface area contributed by atoms with Crippen LogP contribution < -0.4 is 20.3 Å². The fourth-order valence-electron chi connectivity index (χ4n) is 3.43. The van der Waals surface area contributed by atoms with E-state index in [1.54, 1.807) is 18.3 Å². The number of anilines is 3. The van der Waals surface area contributed by atoms with Gasteiger partial charge in [-0.25, -0.2) is 28.5 Å². The van der Waals surface area contributed by atoms with Crippen molar-refractivity contribution < 1.29 is 23.0 Å². The lowest BCUT2D eigenvalue weighted by Gasteiger charge is -2.29. The number of nitrogens with zero attached hydrogens (tertiary/aromatic N) is 4. The van der Waals surface area contributed by atoms with Crippen molar-refractivity contribution in [3.05, 3.63) is 53.9 Å². The molecule has 1 saturated heterocycles. The van der Waals surface area contributed by atoms with E-state index >= 15 is 0 Å². The lowest BCUT2D eigenvalue weighted by Crippen LogP contribution is -2.37. The van der Waals surface area contributed by atoms with Crippen molar-refractivity contribution in [2.45, 2.75) is 13.8 Å². The van der Waals surface area contributed by atoms with Crippen molar-refractivity contribution in [1.82, 2.24) is 15.0 Å². The number of amides is 2. The Kier molecular flexibility index (Phi) is 7.12. The molecule has 1 aliphatic heterocycles. The highest BCUT2D eigenvalue weighted by atomic mass is 19.2. The molecular formula is C23H24F2N6O3. The average Bonchev–Trinajstić information content (AvgIpc) is 2.83. The summed E-state index contributed by atoms with van der Waals surface area (Å²) in [5.41, 5.74) is 1.48. The van der Waals surface area contributed by atoms with E-state index in [-0.39, 0.29) is 11.5 Å². The van der Waals surface area contributed by atoms with Gasteiger partial charge in [0.25, 0.3) is 0 Å². The van der Waals surface area contributed by atoms with E-state index in [1.165, 1.54) is 6.07 Å². The molecule has 0 atom stereocenters. The van der Waals surface area contributed by atoms with Crippen LogP contribution in [0.4, 0.5) is 30.9 Å². The summed E-state index contributed by atoms with van der Waals surface area (Å²) < 4.78 is 37.6. The molecule has 2 N–H and O–H groups in total. The predicted molar refractivity (Wildman–Crippen MR) is 123 cm³/mol. The number of benzene rings is 1. The van der Waals surface area contributed by atoms with Crippen LogP contribution in [0.1, 0.15) is 12.6 Å². The van der Waals surface area contributed by atoms with Crippen molar-refractivity contribution in [1.29, 1.82) is 0 Å². The molecule has 4 rings (SSSR count). The first kappa shape index (κ1) is 23.3. The maximum Gasteiger partial charge on any atom is 0.324 e. The van der Waals surface area contributed by atoms with Crippen molar-refractivity contribution in [2.24, 2.45) is 0 Å². The smallest absolute Gasteiger partial charge is 0.324 e. The summed E-state index contributed by atoms with van der Waals surface area (Å²) in [7, 11) is 0. The van der Waals surface area contributed by atoms with E-state index in [1.807, 2.05) is 13.8 Å².